The lowest BCUT2D eigenvalue weighted by Gasteiger charge is -2.42. The third kappa shape index (κ3) is 5.39. The van der Waals surface area contributed by atoms with Crippen molar-refractivity contribution in [1.29, 1.82) is 0 Å². The number of hydrogen-bond acceptors (Lipinski definition) is 5. The number of fused-ring (bicyclic) bond motifs is 2. The number of anilines is 2. The van der Waals surface area contributed by atoms with Crippen LogP contribution in [0.15, 0.2) is 79.1 Å². The predicted octanol–water partition coefficient (Wildman–Crippen LogP) is 7.16. The summed E-state index contributed by atoms with van der Waals surface area (Å²) in [5, 5.41) is 11.9. The number of urea groups is 1. The molecule has 0 spiro atoms. The molecule has 1 N–H and O–H groups in total. The third-order valence-corrected chi connectivity index (χ3v) is 8.59. The molecule has 0 radical (unpaired) electrons. The van der Waals surface area contributed by atoms with Crippen LogP contribution in [0.3, 0.4) is 0 Å². The average molecular weight is 571 g/mol. The molecule has 2 heterocycles. The largest absolute Gasteiger partial charge is 0.511 e. The Kier molecular flexibility index (Phi) is 7.41. The Morgan fingerprint density at radius 3 is 2.59 bits per heavy atom. The summed E-state index contributed by atoms with van der Waals surface area (Å²) >= 11 is 6.68. The van der Waals surface area contributed by atoms with Gasteiger partial charge in [-0.15, -0.1) is 0 Å². The van der Waals surface area contributed by atoms with E-state index in [0.29, 0.717) is 10.7 Å². The minimum atomic E-state index is -1.36. The van der Waals surface area contributed by atoms with Crippen LogP contribution >= 0.6 is 11.6 Å². The Morgan fingerprint density at radius 2 is 1.80 bits per heavy atom. The summed E-state index contributed by atoms with van der Waals surface area (Å²) < 4.78 is 4.90. The van der Waals surface area contributed by atoms with Crippen LogP contribution in [-0.4, -0.2) is 53.4 Å². The van der Waals surface area contributed by atoms with Crippen LogP contribution in [0, 0.1) is 0 Å². The molecular formula is C32H31ClN4O4. The summed E-state index contributed by atoms with van der Waals surface area (Å²) in [4.78, 5) is 35.6. The zero-order chi connectivity index (χ0) is 28.5. The van der Waals surface area contributed by atoms with E-state index < -0.39 is 6.16 Å². The molecule has 0 bridgehead atoms. The van der Waals surface area contributed by atoms with Crippen molar-refractivity contribution in [3.63, 3.8) is 0 Å². The van der Waals surface area contributed by atoms with Gasteiger partial charge in [-0.3, -0.25) is 9.88 Å². The molecule has 0 saturated carbocycles. The monoisotopic (exact) mass is 570 g/mol. The molecule has 6 rings (SSSR count). The number of para-hydroxylation sites is 1. The van der Waals surface area contributed by atoms with Gasteiger partial charge in [0.1, 0.15) is 5.75 Å². The van der Waals surface area contributed by atoms with Gasteiger partial charge >= 0.3 is 12.2 Å². The lowest BCUT2D eigenvalue weighted by Crippen LogP contribution is -2.52. The molecule has 2 amide bonds. The maximum Gasteiger partial charge on any atom is 0.511 e. The normalized spacial score (nSPS) is 16.8. The molecule has 1 saturated heterocycles. The molecule has 1 aliphatic carbocycles. The first-order valence-electron chi connectivity index (χ1n) is 13.8. The van der Waals surface area contributed by atoms with Gasteiger partial charge in [-0.25, -0.2) is 9.59 Å². The van der Waals surface area contributed by atoms with Crippen molar-refractivity contribution < 1.29 is 19.4 Å². The van der Waals surface area contributed by atoms with E-state index in [-0.39, 0.29) is 23.9 Å². The Balaban J connectivity index is 1.24. The van der Waals surface area contributed by atoms with Crippen molar-refractivity contribution in [2.45, 2.75) is 37.8 Å². The molecule has 41 heavy (non-hydrogen) atoms. The lowest BCUT2D eigenvalue weighted by atomic mass is 10.0. The van der Waals surface area contributed by atoms with Gasteiger partial charge in [-0.2, -0.15) is 0 Å². The summed E-state index contributed by atoms with van der Waals surface area (Å²) in [5.74, 6) is 0.254. The number of carboxylic acid groups (broad SMARTS) is 1. The van der Waals surface area contributed by atoms with Crippen LogP contribution in [0.2, 0.25) is 5.02 Å². The second-order valence-corrected chi connectivity index (χ2v) is 11.0. The number of pyridine rings is 1. The fourth-order valence-electron chi connectivity index (χ4n) is 6.18. The molecule has 2 aliphatic rings. The number of hydrogen-bond donors (Lipinski definition) is 1. The van der Waals surface area contributed by atoms with E-state index in [1.54, 1.807) is 17.0 Å². The van der Waals surface area contributed by atoms with Gasteiger partial charge in [0.15, 0.2) is 0 Å². The first-order chi connectivity index (χ1) is 19.9. The van der Waals surface area contributed by atoms with E-state index in [1.807, 2.05) is 60.7 Å². The van der Waals surface area contributed by atoms with Crippen molar-refractivity contribution >= 4 is 45.9 Å². The van der Waals surface area contributed by atoms with Crippen molar-refractivity contribution in [2.75, 3.05) is 29.9 Å². The molecule has 4 aromatic rings. The quantitative estimate of drug-likeness (QED) is 0.202. The van der Waals surface area contributed by atoms with Gasteiger partial charge in [0.25, 0.3) is 0 Å². The minimum Gasteiger partial charge on any atom is -0.449 e. The lowest BCUT2D eigenvalue weighted by molar-refractivity contribution is 0.144. The van der Waals surface area contributed by atoms with Crippen LogP contribution in [0.1, 0.15) is 36.4 Å². The summed E-state index contributed by atoms with van der Waals surface area (Å²) in [5.41, 5.74) is 3.87. The van der Waals surface area contributed by atoms with Crippen molar-refractivity contribution in [3.8, 4) is 5.75 Å². The fourth-order valence-corrected chi connectivity index (χ4v) is 6.41. The molecular weight excluding hydrogens is 540 g/mol. The van der Waals surface area contributed by atoms with E-state index in [4.69, 9.17) is 21.4 Å². The Hall–Kier alpha value is -4.30. The van der Waals surface area contributed by atoms with Gasteiger partial charge < -0.3 is 19.6 Å². The van der Waals surface area contributed by atoms with Crippen LogP contribution in [-0.2, 0) is 6.42 Å². The van der Waals surface area contributed by atoms with Gasteiger partial charge in [-0.05, 0) is 84.7 Å². The average Bonchev–Trinajstić information content (AvgIpc) is 3.41. The second kappa shape index (κ2) is 11.3. The number of benzene rings is 3. The molecule has 3 aromatic carbocycles. The highest BCUT2D eigenvalue weighted by atomic mass is 35.5. The first-order valence-corrected chi connectivity index (χ1v) is 14.2. The van der Waals surface area contributed by atoms with Crippen LogP contribution in [0.4, 0.5) is 21.0 Å². The Bertz CT molecular complexity index is 1600. The maximum absolute atomic E-state index is 14.3. The molecule has 9 heteroatoms. The molecule has 1 aliphatic heterocycles. The van der Waals surface area contributed by atoms with Crippen molar-refractivity contribution in [2.24, 2.45) is 0 Å². The maximum atomic E-state index is 14.3. The van der Waals surface area contributed by atoms with Crippen molar-refractivity contribution in [1.82, 2.24) is 9.88 Å². The van der Waals surface area contributed by atoms with E-state index in [1.165, 1.54) is 0 Å². The van der Waals surface area contributed by atoms with Gasteiger partial charge in [0.05, 0.1) is 16.8 Å². The fraction of sp³-hybridized carbons (Fsp3) is 0.281. The summed E-state index contributed by atoms with van der Waals surface area (Å²) in [6.07, 6.45) is 5.45. The smallest absolute Gasteiger partial charge is 0.449 e. The molecule has 1 atom stereocenters. The zero-order valence-electron chi connectivity index (χ0n) is 22.7. The number of carbonyl (C=O) groups is 2. The number of halogens is 1. The van der Waals surface area contributed by atoms with E-state index in [2.05, 4.69) is 28.1 Å². The second-order valence-electron chi connectivity index (χ2n) is 10.6. The summed E-state index contributed by atoms with van der Waals surface area (Å²) in [7, 11) is 1.82. The standard InChI is InChI=1S/C32H31ClN4O4/c1-35(29-11-8-21-7-10-26(19-27(21)29)41-32(39)40)31(38)37(30-5-3-2-4-28(30)33)24-13-16-36(17-14-24)25-9-6-23-20-34-15-12-22(23)18-25/h2-7,9-10,12,15,18-20,24,29H,8,11,13-14,16-17H2,1H3,(H,39,40). The summed E-state index contributed by atoms with van der Waals surface area (Å²) in [6, 6.07) is 20.9. The third-order valence-electron chi connectivity index (χ3n) is 8.27. The number of nitrogens with zero attached hydrogens (tertiary/aromatic N) is 4. The van der Waals surface area contributed by atoms with Gasteiger partial charge in [0, 0.05) is 49.6 Å². The SMILES string of the molecule is CN(C(=O)N(c1ccccc1Cl)C1CCN(c2ccc3cnccc3c2)CC1)C1CCc2ccc(OC(=O)O)cc21. The predicted molar refractivity (Wildman–Crippen MR) is 160 cm³/mol. The number of carbonyl (C=O) groups excluding carboxylic acids is 1. The summed E-state index contributed by atoms with van der Waals surface area (Å²) in [6.45, 7) is 1.61. The molecule has 1 aromatic heterocycles. The number of rotatable bonds is 5. The van der Waals surface area contributed by atoms with Crippen LogP contribution < -0.4 is 14.5 Å². The molecule has 1 fully saturated rings. The van der Waals surface area contributed by atoms with Crippen LogP contribution in [0.25, 0.3) is 10.8 Å². The highest BCUT2D eigenvalue weighted by Gasteiger charge is 2.36. The number of piperidine rings is 1. The topological polar surface area (TPSA) is 86.2 Å². The highest BCUT2D eigenvalue weighted by molar-refractivity contribution is 6.33. The van der Waals surface area contributed by atoms with E-state index in [0.717, 1.165) is 66.4 Å². The molecule has 1 unspecified atom stereocenters. The van der Waals surface area contributed by atoms with Crippen molar-refractivity contribution in [3.05, 3.63) is 95.3 Å². The number of aryl methyl sites for hydroxylation is 1. The first kappa shape index (κ1) is 26.9. The Labute approximate surface area is 243 Å². The van der Waals surface area contributed by atoms with Crippen LogP contribution in [0.5, 0.6) is 5.75 Å². The highest BCUT2D eigenvalue weighted by Crippen LogP contribution is 2.40. The van der Waals surface area contributed by atoms with E-state index >= 15 is 0 Å². The zero-order valence-corrected chi connectivity index (χ0v) is 23.5. The minimum absolute atomic E-state index is 0.0340. The Morgan fingerprint density at radius 1 is 1.00 bits per heavy atom. The number of ether oxygens (including phenoxy) is 1. The van der Waals surface area contributed by atoms with E-state index in [9.17, 15) is 9.59 Å². The molecule has 210 valence electrons. The number of amides is 2. The molecule has 8 nitrogen and oxygen atoms in total. The van der Waals surface area contributed by atoms with Gasteiger partial charge in [0.2, 0.25) is 0 Å². The number of aromatic nitrogens is 1. The van der Waals surface area contributed by atoms with Gasteiger partial charge in [-0.1, -0.05) is 35.9 Å².